The van der Waals surface area contributed by atoms with E-state index < -0.39 is 35.7 Å². The van der Waals surface area contributed by atoms with E-state index in [1.54, 1.807) is 61.7 Å². The normalized spacial score (nSPS) is 15.3. The first-order valence-electron chi connectivity index (χ1n) is 12.3. The summed E-state index contributed by atoms with van der Waals surface area (Å²) in [6.07, 6.45) is 1.49. The van der Waals surface area contributed by atoms with Gasteiger partial charge in [-0.2, -0.15) is 0 Å². The smallest absolute Gasteiger partial charge is 0.325 e. The standard InChI is InChI=1S/C26H25FN4O5.C2H6/c1-16-5-10-21(20(27)14-16)29-24(33)22(15-18-4-2-3-11-28-18)31-25(34)23(30-26(31)35)17-6-8-19(9-7-17)36-13-12-32;1-2/h2-11,14,22-23,32H,12-13,15H2,1H3,(H,29,33)(H,30,35);1-2H3/t22?,23-;/m1./s1. The summed E-state index contributed by atoms with van der Waals surface area (Å²) < 4.78 is 19.7. The summed E-state index contributed by atoms with van der Waals surface area (Å²) in [5.74, 6) is -1.47. The zero-order valence-corrected chi connectivity index (χ0v) is 21.5. The number of aromatic nitrogens is 1. The fourth-order valence-electron chi connectivity index (χ4n) is 3.89. The molecule has 2 atom stereocenters. The minimum Gasteiger partial charge on any atom is -0.491 e. The maximum absolute atomic E-state index is 14.4. The van der Waals surface area contributed by atoms with Gasteiger partial charge in [0.25, 0.3) is 5.91 Å². The fourth-order valence-corrected chi connectivity index (χ4v) is 3.89. The Morgan fingerprint density at radius 1 is 1.16 bits per heavy atom. The van der Waals surface area contributed by atoms with Gasteiger partial charge in [0.05, 0.1) is 12.3 Å². The summed E-state index contributed by atoms with van der Waals surface area (Å²) in [5.41, 5.74) is 1.60. The van der Waals surface area contributed by atoms with Crippen molar-refractivity contribution in [1.29, 1.82) is 0 Å². The quantitative estimate of drug-likeness (QED) is 0.368. The number of hydrogen-bond donors (Lipinski definition) is 3. The molecule has 4 rings (SSSR count). The molecular weight excluding hydrogens is 491 g/mol. The molecule has 1 saturated heterocycles. The number of carbonyl (C=O) groups excluding carboxylic acids is 3. The van der Waals surface area contributed by atoms with Crippen LogP contribution in [0.5, 0.6) is 5.75 Å². The Morgan fingerprint density at radius 2 is 1.89 bits per heavy atom. The van der Waals surface area contributed by atoms with Crippen molar-refractivity contribution in [3.63, 3.8) is 0 Å². The summed E-state index contributed by atoms with van der Waals surface area (Å²) in [4.78, 5) is 44.7. The minimum absolute atomic E-state index is 0.0556. The highest BCUT2D eigenvalue weighted by Crippen LogP contribution is 2.27. The van der Waals surface area contributed by atoms with Crippen LogP contribution in [0, 0.1) is 12.7 Å². The third-order valence-electron chi connectivity index (χ3n) is 5.67. The van der Waals surface area contributed by atoms with Crippen molar-refractivity contribution in [3.8, 4) is 5.75 Å². The Labute approximate surface area is 220 Å². The van der Waals surface area contributed by atoms with E-state index in [0.29, 0.717) is 22.6 Å². The molecule has 200 valence electrons. The van der Waals surface area contributed by atoms with Crippen LogP contribution in [-0.2, 0) is 16.0 Å². The number of benzene rings is 2. The van der Waals surface area contributed by atoms with Gasteiger partial charge in [0.15, 0.2) is 0 Å². The predicted molar refractivity (Wildman–Crippen MR) is 140 cm³/mol. The van der Waals surface area contributed by atoms with Crippen LogP contribution in [-0.4, -0.2) is 52.1 Å². The number of anilines is 1. The van der Waals surface area contributed by atoms with Crippen molar-refractivity contribution in [2.45, 2.75) is 39.3 Å². The van der Waals surface area contributed by atoms with Gasteiger partial charge in [-0.25, -0.2) is 14.1 Å². The Kier molecular flexibility index (Phi) is 9.89. The molecule has 3 aromatic rings. The molecule has 1 unspecified atom stereocenters. The van der Waals surface area contributed by atoms with E-state index in [1.807, 2.05) is 13.8 Å². The van der Waals surface area contributed by atoms with E-state index in [0.717, 1.165) is 4.90 Å². The molecule has 0 spiro atoms. The van der Waals surface area contributed by atoms with Crippen LogP contribution in [0.25, 0.3) is 0 Å². The first-order chi connectivity index (χ1) is 18.4. The molecule has 2 aromatic carbocycles. The number of hydrogen-bond acceptors (Lipinski definition) is 6. The van der Waals surface area contributed by atoms with Crippen LogP contribution in [0.4, 0.5) is 14.9 Å². The third kappa shape index (κ3) is 6.71. The molecule has 3 N–H and O–H groups in total. The molecule has 1 fully saturated rings. The lowest BCUT2D eigenvalue weighted by molar-refractivity contribution is -0.134. The van der Waals surface area contributed by atoms with Gasteiger partial charge in [-0.3, -0.25) is 14.6 Å². The topological polar surface area (TPSA) is 121 Å². The lowest BCUT2D eigenvalue weighted by Gasteiger charge is -2.24. The van der Waals surface area contributed by atoms with Gasteiger partial charge in [0.1, 0.15) is 30.3 Å². The number of ether oxygens (including phenoxy) is 1. The number of nitrogens with one attached hydrogen (secondary N) is 2. The average Bonchev–Trinajstić information content (AvgIpc) is 3.23. The highest BCUT2D eigenvalue weighted by molar-refractivity contribution is 6.09. The van der Waals surface area contributed by atoms with Gasteiger partial charge in [-0.1, -0.05) is 38.1 Å². The Hall–Kier alpha value is -4.31. The zero-order valence-electron chi connectivity index (χ0n) is 21.5. The molecule has 0 aliphatic carbocycles. The monoisotopic (exact) mass is 522 g/mol. The second kappa shape index (κ2) is 13.3. The van der Waals surface area contributed by atoms with Crippen LogP contribution in [0.2, 0.25) is 0 Å². The van der Waals surface area contributed by atoms with E-state index in [2.05, 4.69) is 15.6 Å². The number of amides is 4. The van der Waals surface area contributed by atoms with Gasteiger partial charge in [0.2, 0.25) is 5.91 Å². The predicted octanol–water partition coefficient (Wildman–Crippen LogP) is 3.77. The van der Waals surface area contributed by atoms with Gasteiger partial charge < -0.3 is 20.5 Å². The number of aryl methyl sites for hydroxylation is 1. The number of imide groups is 1. The van der Waals surface area contributed by atoms with Crippen molar-refractivity contribution in [2.75, 3.05) is 18.5 Å². The number of aliphatic hydroxyl groups is 1. The maximum atomic E-state index is 14.4. The number of halogens is 1. The number of carbonyl (C=O) groups is 3. The van der Waals surface area contributed by atoms with Gasteiger partial charge in [-0.05, 0) is 54.4 Å². The van der Waals surface area contributed by atoms with Crippen LogP contribution < -0.4 is 15.4 Å². The van der Waals surface area contributed by atoms with E-state index in [9.17, 15) is 18.8 Å². The maximum Gasteiger partial charge on any atom is 0.325 e. The molecule has 2 heterocycles. The summed E-state index contributed by atoms with van der Waals surface area (Å²) in [6.45, 7) is 5.70. The van der Waals surface area contributed by atoms with Crippen LogP contribution in [0.15, 0.2) is 66.9 Å². The second-order valence-electron chi connectivity index (χ2n) is 8.25. The van der Waals surface area contributed by atoms with Crippen molar-refractivity contribution < 1.29 is 28.6 Å². The summed E-state index contributed by atoms with van der Waals surface area (Å²) in [6, 6.07) is 12.9. The summed E-state index contributed by atoms with van der Waals surface area (Å²) in [7, 11) is 0. The molecular formula is C28H31FN4O5. The van der Waals surface area contributed by atoms with Crippen molar-refractivity contribution in [2.24, 2.45) is 0 Å². The molecule has 0 radical (unpaired) electrons. The Balaban J connectivity index is 0.00000195. The van der Waals surface area contributed by atoms with E-state index in [4.69, 9.17) is 9.84 Å². The fraction of sp³-hybridized carbons (Fsp3) is 0.286. The van der Waals surface area contributed by atoms with Crippen molar-refractivity contribution in [1.82, 2.24) is 15.2 Å². The number of urea groups is 1. The van der Waals surface area contributed by atoms with E-state index in [-0.39, 0.29) is 25.3 Å². The lowest BCUT2D eigenvalue weighted by Crippen LogP contribution is -2.49. The first kappa shape index (κ1) is 28.3. The van der Waals surface area contributed by atoms with Crippen molar-refractivity contribution >= 4 is 23.5 Å². The molecule has 0 saturated carbocycles. The molecule has 1 aliphatic rings. The Bertz CT molecular complexity index is 1250. The second-order valence-corrected chi connectivity index (χ2v) is 8.25. The first-order valence-corrected chi connectivity index (χ1v) is 12.3. The zero-order chi connectivity index (χ0) is 27.7. The molecule has 0 bridgehead atoms. The SMILES string of the molecule is CC.Cc1ccc(NC(=O)C(Cc2ccccn2)N2C(=O)N[C@H](c3ccc(OCCO)cc3)C2=O)c(F)c1. The lowest BCUT2D eigenvalue weighted by atomic mass is 10.0. The van der Waals surface area contributed by atoms with E-state index >= 15 is 0 Å². The molecule has 4 amide bonds. The highest BCUT2D eigenvalue weighted by atomic mass is 19.1. The van der Waals surface area contributed by atoms with Crippen molar-refractivity contribution in [3.05, 3.63) is 89.5 Å². The summed E-state index contributed by atoms with van der Waals surface area (Å²) >= 11 is 0. The number of nitrogens with zero attached hydrogens (tertiary/aromatic N) is 2. The number of pyridine rings is 1. The largest absolute Gasteiger partial charge is 0.491 e. The molecule has 38 heavy (non-hydrogen) atoms. The minimum atomic E-state index is -1.27. The van der Waals surface area contributed by atoms with Crippen LogP contribution >= 0.6 is 0 Å². The van der Waals surface area contributed by atoms with Gasteiger partial charge in [-0.15, -0.1) is 0 Å². The third-order valence-corrected chi connectivity index (χ3v) is 5.67. The molecule has 9 nitrogen and oxygen atoms in total. The molecule has 1 aromatic heterocycles. The highest BCUT2D eigenvalue weighted by Gasteiger charge is 2.45. The molecule has 1 aliphatic heterocycles. The van der Waals surface area contributed by atoms with Gasteiger partial charge in [0, 0.05) is 18.3 Å². The molecule has 10 heteroatoms. The van der Waals surface area contributed by atoms with Crippen LogP contribution in [0.1, 0.15) is 36.7 Å². The van der Waals surface area contributed by atoms with Gasteiger partial charge >= 0.3 is 6.03 Å². The summed E-state index contributed by atoms with van der Waals surface area (Å²) in [5, 5.41) is 14.0. The number of aliphatic hydroxyl groups excluding tert-OH is 1. The van der Waals surface area contributed by atoms with Crippen LogP contribution in [0.3, 0.4) is 0 Å². The number of rotatable bonds is 9. The Morgan fingerprint density at radius 3 is 2.53 bits per heavy atom. The average molecular weight is 523 g/mol. The van der Waals surface area contributed by atoms with E-state index in [1.165, 1.54) is 12.1 Å².